The zero-order valence-corrected chi connectivity index (χ0v) is 11.3. The van der Waals surface area contributed by atoms with E-state index in [0.29, 0.717) is 0 Å². The largest absolute Gasteiger partial charge is 0.479 e. The quantitative estimate of drug-likeness (QED) is 0.414. The molecule has 0 amide bonds. The number of hydrogen-bond donors (Lipinski definition) is 0. The van der Waals surface area contributed by atoms with E-state index < -0.39 is 34.8 Å². The minimum absolute atomic E-state index is 0.0960. The van der Waals surface area contributed by atoms with Crippen LogP contribution in [0.5, 0.6) is 5.75 Å². The number of Topliss-reactive ketones (excluding diaryl/α,β-unsaturated/α-hetero) is 1. The summed E-state index contributed by atoms with van der Waals surface area (Å²) >= 11 is 0. The van der Waals surface area contributed by atoms with Crippen molar-refractivity contribution >= 4 is 17.4 Å². The predicted molar refractivity (Wildman–Crippen MR) is 69.4 cm³/mol. The zero-order valence-electron chi connectivity index (χ0n) is 11.3. The van der Waals surface area contributed by atoms with Gasteiger partial charge in [-0.2, -0.15) is 0 Å². The van der Waals surface area contributed by atoms with E-state index in [1.165, 1.54) is 0 Å². The van der Waals surface area contributed by atoms with Gasteiger partial charge in [-0.3, -0.25) is 19.7 Å². The fourth-order valence-corrected chi connectivity index (χ4v) is 1.46. The number of carbonyl (C=O) groups is 2. The van der Waals surface area contributed by atoms with Gasteiger partial charge in [0.2, 0.25) is 0 Å². The number of carbonyl (C=O) groups excluding carboxylic acids is 2. The van der Waals surface area contributed by atoms with Gasteiger partial charge in [0.25, 0.3) is 0 Å². The maximum Gasteiger partial charge on any atom is 0.311 e. The van der Waals surface area contributed by atoms with Gasteiger partial charge in [0.1, 0.15) is 12.4 Å². The summed E-state index contributed by atoms with van der Waals surface area (Å²) in [5.41, 5.74) is -0.436. The van der Waals surface area contributed by atoms with Crippen molar-refractivity contribution < 1.29 is 28.4 Å². The average molecular weight is 299 g/mol. The molecule has 0 saturated carbocycles. The Morgan fingerprint density at radius 1 is 1.33 bits per heavy atom. The summed E-state index contributed by atoms with van der Waals surface area (Å²) in [6.45, 7) is 1.38. The first-order valence-corrected chi connectivity index (χ1v) is 6.18. The Hall–Kier alpha value is -2.51. The fraction of sp³-hybridized carbons (Fsp3) is 0.385. The number of halogens is 1. The van der Waals surface area contributed by atoms with Crippen LogP contribution in [0.1, 0.15) is 19.8 Å². The number of rotatable bonds is 8. The van der Waals surface area contributed by atoms with Crippen LogP contribution in [0.2, 0.25) is 0 Å². The van der Waals surface area contributed by atoms with Crippen molar-refractivity contribution in [3.63, 3.8) is 0 Å². The summed E-state index contributed by atoms with van der Waals surface area (Å²) in [4.78, 5) is 32.5. The smallest absolute Gasteiger partial charge is 0.311 e. The van der Waals surface area contributed by atoms with Crippen LogP contribution >= 0.6 is 0 Å². The highest BCUT2D eigenvalue weighted by Crippen LogP contribution is 2.27. The summed E-state index contributed by atoms with van der Waals surface area (Å²) in [5.74, 6) is -2.00. The highest BCUT2D eigenvalue weighted by molar-refractivity contribution is 5.84. The molecule has 0 aliphatic rings. The minimum atomic E-state index is -0.738. The monoisotopic (exact) mass is 299 g/mol. The Kier molecular flexibility index (Phi) is 6.25. The first kappa shape index (κ1) is 16.5. The molecule has 0 N–H and O–H groups in total. The topological polar surface area (TPSA) is 95.7 Å². The molecule has 0 fully saturated rings. The van der Waals surface area contributed by atoms with Crippen molar-refractivity contribution in [1.29, 1.82) is 0 Å². The summed E-state index contributed by atoms with van der Waals surface area (Å²) in [7, 11) is 0. The van der Waals surface area contributed by atoms with E-state index in [1.54, 1.807) is 6.92 Å². The molecule has 0 heterocycles. The molecule has 0 aliphatic heterocycles. The van der Waals surface area contributed by atoms with Gasteiger partial charge >= 0.3 is 11.7 Å². The van der Waals surface area contributed by atoms with Crippen LogP contribution in [0.4, 0.5) is 10.1 Å². The van der Waals surface area contributed by atoms with E-state index in [9.17, 15) is 24.1 Å². The van der Waals surface area contributed by atoms with Crippen LogP contribution in [-0.4, -0.2) is 29.9 Å². The van der Waals surface area contributed by atoms with Crippen LogP contribution in [-0.2, 0) is 14.3 Å². The van der Waals surface area contributed by atoms with E-state index in [0.717, 1.165) is 18.2 Å². The molecule has 8 heteroatoms. The normalized spacial score (nSPS) is 10.0. The lowest BCUT2D eigenvalue weighted by Gasteiger charge is -2.06. The average Bonchev–Trinajstić information content (AvgIpc) is 2.43. The van der Waals surface area contributed by atoms with E-state index >= 15 is 0 Å². The van der Waals surface area contributed by atoms with E-state index in [2.05, 4.69) is 4.74 Å². The molecule has 0 radical (unpaired) electrons. The number of nitro benzene ring substituents is 1. The summed E-state index contributed by atoms with van der Waals surface area (Å²) in [5, 5.41) is 10.7. The van der Waals surface area contributed by atoms with Gasteiger partial charge in [-0.15, -0.1) is 0 Å². The van der Waals surface area contributed by atoms with Crippen molar-refractivity contribution in [1.82, 2.24) is 0 Å². The number of nitro groups is 1. The second-order valence-corrected chi connectivity index (χ2v) is 4.00. The zero-order chi connectivity index (χ0) is 15.8. The highest BCUT2D eigenvalue weighted by atomic mass is 19.1. The van der Waals surface area contributed by atoms with Gasteiger partial charge in [0.05, 0.1) is 18.0 Å². The number of hydrogen-bond acceptors (Lipinski definition) is 6. The summed E-state index contributed by atoms with van der Waals surface area (Å²) in [6, 6.07) is 2.71. The highest BCUT2D eigenvalue weighted by Gasteiger charge is 2.17. The van der Waals surface area contributed by atoms with Crippen LogP contribution in [0.25, 0.3) is 0 Å². The second kappa shape index (κ2) is 7.93. The number of esters is 1. The van der Waals surface area contributed by atoms with Crippen LogP contribution < -0.4 is 4.74 Å². The molecular formula is C13H14FNO6. The molecule has 7 nitrogen and oxygen atoms in total. The Morgan fingerprint density at radius 2 is 2.05 bits per heavy atom. The van der Waals surface area contributed by atoms with Crippen molar-refractivity contribution in [2.24, 2.45) is 0 Å². The van der Waals surface area contributed by atoms with Crippen molar-refractivity contribution in [2.75, 3.05) is 13.2 Å². The molecule has 1 rings (SSSR count). The van der Waals surface area contributed by atoms with Crippen LogP contribution in [0.3, 0.4) is 0 Å². The molecular weight excluding hydrogens is 285 g/mol. The van der Waals surface area contributed by atoms with Gasteiger partial charge < -0.3 is 9.47 Å². The molecule has 0 atom stereocenters. The lowest BCUT2D eigenvalue weighted by Crippen LogP contribution is -2.14. The summed E-state index contributed by atoms with van der Waals surface area (Å²) < 4.78 is 22.6. The van der Waals surface area contributed by atoms with E-state index in [4.69, 9.17) is 4.74 Å². The Labute approximate surface area is 119 Å². The van der Waals surface area contributed by atoms with Gasteiger partial charge in [-0.05, 0) is 13.0 Å². The number of ketones is 1. The van der Waals surface area contributed by atoms with Gasteiger partial charge in [0.15, 0.2) is 11.5 Å². The van der Waals surface area contributed by atoms with Crippen molar-refractivity contribution in [3.8, 4) is 5.75 Å². The van der Waals surface area contributed by atoms with Crippen molar-refractivity contribution in [3.05, 3.63) is 34.1 Å². The van der Waals surface area contributed by atoms with Crippen molar-refractivity contribution in [2.45, 2.75) is 19.8 Å². The molecule has 0 saturated heterocycles. The molecule has 0 bridgehead atoms. The molecule has 21 heavy (non-hydrogen) atoms. The fourth-order valence-electron chi connectivity index (χ4n) is 1.46. The first-order chi connectivity index (χ1) is 9.93. The maximum atomic E-state index is 13.0. The molecule has 0 aromatic heterocycles. The standard InChI is InChI=1S/C13H14FNO6/c1-2-20-13(17)6-4-10(16)8-21-12-7-9(14)3-5-11(12)15(18)19/h3,5,7H,2,4,6,8H2,1H3. The Balaban J connectivity index is 2.55. The molecule has 1 aromatic carbocycles. The third-order valence-corrected chi connectivity index (χ3v) is 2.42. The molecule has 1 aromatic rings. The number of benzene rings is 1. The first-order valence-electron chi connectivity index (χ1n) is 6.18. The van der Waals surface area contributed by atoms with Gasteiger partial charge in [-0.1, -0.05) is 0 Å². The van der Waals surface area contributed by atoms with Crippen LogP contribution in [0.15, 0.2) is 18.2 Å². The number of ether oxygens (including phenoxy) is 2. The molecule has 0 unspecified atom stereocenters. The SMILES string of the molecule is CCOC(=O)CCC(=O)COc1cc(F)ccc1[N+](=O)[O-]. The van der Waals surface area contributed by atoms with Gasteiger partial charge in [-0.25, -0.2) is 4.39 Å². The predicted octanol–water partition coefficient (Wildman–Crippen LogP) is 2.03. The lowest BCUT2D eigenvalue weighted by atomic mass is 10.2. The third-order valence-electron chi connectivity index (χ3n) is 2.42. The lowest BCUT2D eigenvalue weighted by molar-refractivity contribution is -0.385. The molecule has 0 aliphatic carbocycles. The summed E-state index contributed by atoms with van der Waals surface area (Å²) in [6.07, 6.45) is -0.205. The Morgan fingerprint density at radius 3 is 2.67 bits per heavy atom. The maximum absolute atomic E-state index is 13.0. The minimum Gasteiger partial charge on any atom is -0.479 e. The molecule has 114 valence electrons. The Bertz CT molecular complexity index is 545. The van der Waals surface area contributed by atoms with E-state index in [1.807, 2.05) is 0 Å². The second-order valence-electron chi connectivity index (χ2n) is 4.00. The van der Waals surface area contributed by atoms with Gasteiger partial charge in [0, 0.05) is 18.6 Å². The number of nitrogens with zero attached hydrogens (tertiary/aromatic N) is 1. The molecule has 0 spiro atoms. The van der Waals surface area contributed by atoms with E-state index in [-0.39, 0.29) is 25.2 Å². The third kappa shape index (κ3) is 5.55. The van der Waals surface area contributed by atoms with Crippen LogP contribution in [0, 0.1) is 15.9 Å².